The molecule has 11 heteroatoms. The SMILES string of the molecule is NS(=O)(=O)c1ccc(N=Nc2c(O)n(CC(=O)Nc3ccccc3Cl)c3ccccc23)cc1. The number of amides is 1. The molecule has 0 unspecified atom stereocenters. The standard InChI is InChI=1S/C22H18ClN5O4S/c23-17-6-2-3-7-18(17)25-20(29)13-28-19-8-4-1-5-16(19)21(22(28)30)27-26-14-9-11-15(12-10-14)33(24,31)32/h1-12,30H,13H2,(H,25,29)(H2,24,31,32). The first-order valence-electron chi connectivity index (χ1n) is 9.63. The first kappa shape index (κ1) is 22.5. The van der Waals surface area contributed by atoms with Crippen LogP contribution in [0.4, 0.5) is 17.1 Å². The number of aromatic hydroxyl groups is 1. The van der Waals surface area contributed by atoms with Gasteiger partial charge in [0.2, 0.25) is 21.8 Å². The van der Waals surface area contributed by atoms with Crippen molar-refractivity contribution in [2.75, 3.05) is 5.32 Å². The second-order valence-electron chi connectivity index (χ2n) is 7.04. The third-order valence-corrected chi connectivity index (χ3v) is 6.06. The second-order valence-corrected chi connectivity index (χ2v) is 9.01. The number of halogens is 1. The van der Waals surface area contributed by atoms with E-state index in [1.165, 1.54) is 28.8 Å². The predicted molar refractivity (Wildman–Crippen MR) is 126 cm³/mol. The summed E-state index contributed by atoms with van der Waals surface area (Å²) in [5.41, 5.74) is 1.58. The molecular formula is C22H18ClN5O4S. The van der Waals surface area contributed by atoms with Crippen LogP contribution in [-0.4, -0.2) is 24.0 Å². The predicted octanol–water partition coefficient (Wildman–Crippen LogP) is 4.70. The fourth-order valence-electron chi connectivity index (χ4n) is 3.24. The smallest absolute Gasteiger partial charge is 0.244 e. The molecule has 0 aliphatic carbocycles. The number of anilines is 1. The molecule has 0 fully saturated rings. The van der Waals surface area contributed by atoms with E-state index >= 15 is 0 Å². The molecule has 0 saturated carbocycles. The number of hydrogen-bond acceptors (Lipinski definition) is 6. The molecule has 1 heterocycles. The van der Waals surface area contributed by atoms with E-state index in [0.29, 0.717) is 27.3 Å². The summed E-state index contributed by atoms with van der Waals surface area (Å²) >= 11 is 6.10. The topological polar surface area (TPSA) is 139 Å². The molecule has 1 amide bonds. The minimum atomic E-state index is -3.82. The molecular weight excluding hydrogens is 466 g/mol. The largest absolute Gasteiger partial charge is 0.493 e. The monoisotopic (exact) mass is 483 g/mol. The van der Waals surface area contributed by atoms with Crippen molar-refractivity contribution in [3.63, 3.8) is 0 Å². The van der Waals surface area contributed by atoms with Gasteiger partial charge in [-0.1, -0.05) is 41.9 Å². The van der Waals surface area contributed by atoms with E-state index in [0.717, 1.165) is 0 Å². The summed E-state index contributed by atoms with van der Waals surface area (Å²) in [7, 11) is -3.82. The minimum Gasteiger partial charge on any atom is -0.493 e. The molecule has 4 N–H and O–H groups in total. The van der Waals surface area contributed by atoms with Crippen molar-refractivity contribution in [3.05, 3.63) is 77.8 Å². The Morgan fingerprint density at radius 2 is 1.67 bits per heavy atom. The number of sulfonamides is 1. The van der Waals surface area contributed by atoms with Crippen molar-refractivity contribution < 1.29 is 18.3 Å². The molecule has 0 aliphatic rings. The fraction of sp³-hybridized carbons (Fsp3) is 0.0455. The fourth-order valence-corrected chi connectivity index (χ4v) is 3.93. The van der Waals surface area contributed by atoms with Gasteiger partial charge in [0, 0.05) is 5.39 Å². The van der Waals surface area contributed by atoms with Gasteiger partial charge < -0.3 is 15.0 Å². The van der Waals surface area contributed by atoms with Crippen LogP contribution in [-0.2, 0) is 21.4 Å². The normalized spacial score (nSPS) is 11.8. The number of carbonyl (C=O) groups is 1. The minimum absolute atomic E-state index is 0.0505. The number of primary sulfonamides is 1. The second kappa shape index (κ2) is 9.02. The van der Waals surface area contributed by atoms with Crippen LogP contribution in [0.15, 0.2) is 87.9 Å². The van der Waals surface area contributed by atoms with Gasteiger partial charge in [0.05, 0.1) is 26.8 Å². The van der Waals surface area contributed by atoms with E-state index in [-0.39, 0.29) is 28.9 Å². The van der Waals surface area contributed by atoms with Crippen molar-refractivity contribution in [1.82, 2.24) is 4.57 Å². The summed E-state index contributed by atoms with van der Waals surface area (Å²) in [6, 6.07) is 19.4. The van der Waals surface area contributed by atoms with E-state index < -0.39 is 10.0 Å². The number of rotatable bonds is 6. The van der Waals surface area contributed by atoms with Gasteiger partial charge in [-0.25, -0.2) is 13.6 Å². The van der Waals surface area contributed by atoms with Crippen molar-refractivity contribution in [2.24, 2.45) is 15.4 Å². The highest BCUT2D eigenvalue weighted by Crippen LogP contribution is 2.39. The lowest BCUT2D eigenvalue weighted by Gasteiger charge is -2.09. The Morgan fingerprint density at radius 3 is 2.36 bits per heavy atom. The highest BCUT2D eigenvalue weighted by atomic mass is 35.5. The van der Waals surface area contributed by atoms with Crippen LogP contribution in [0, 0.1) is 0 Å². The number of carbonyl (C=O) groups excluding carboxylic acids is 1. The first-order chi connectivity index (χ1) is 15.7. The van der Waals surface area contributed by atoms with Crippen LogP contribution < -0.4 is 10.5 Å². The Kier molecular flexibility index (Phi) is 6.14. The highest BCUT2D eigenvalue weighted by molar-refractivity contribution is 7.89. The molecule has 0 spiro atoms. The Bertz CT molecular complexity index is 1480. The molecule has 0 bridgehead atoms. The van der Waals surface area contributed by atoms with Crippen molar-refractivity contribution in [3.8, 4) is 5.88 Å². The average Bonchev–Trinajstić information content (AvgIpc) is 3.04. The van der Waals surface area contributed by atoms with Gasteiger partial charge in [0.1, 0.15) is 6.54 Å². The van der Waals surface area contributed by atoms with Crippen LogP contribution in [0.1, 0.15) is 0 Å². The summed E-state index contributed by atoms with van der Waals surface area (Å²) < 4.78 is 24.2. The van der Waals surface area contributed by atoms with E-state index in [9.17, 15) is 18.3 Å². The molecule has 0 saturated heterocycles. The van der Waals surface area contributed by atoms with Gasteiger partial charge in [0.25, 0.3) is 0 Å². The van der Waals surface area contributed by atoms with Gasteiger partial charge in [-0.05, 0) is 42.5 Å². The Balaban J connectivity index is 1.64. The van der Waals surface area contributed by atoms with Crippen LogP contribution in [0.25, 0.3) is 10.9 Å². The van der Waals surface area contributed by atoms with Crippen LogP contribution in [0.3, 0.4) is 0 Å². The summed E-state index contributed by atoms with van der Waals surface area (Å²) in [6.45, 7) is -0.184. The van der Waals surface area contributed by atoms with Gasteiger partial charge in [0.15, 0.2) is 5.69 Å². The van der Waals surface area contributed by atoms with Gasteiger partial charge in [-0.15, -0.1) is 5.11 Å². The zero-order valence-corrected chi connectivity index (χ0v) is 18.6. The number of nitrogens with zero attached hydrogens (tertiary/aromatic N) is 3. The van der Waals surface area contributed by atoms with Gasteiger partial charge in [-0.3, -0.25) is 4.79 Å². The quantitative estimate of drug-likeness (QED) is 0.342. The summed E-state index contributed by atoms with van der Waals surface area (Å²) in [6.07, 6.45) is 0. The third kappa shape index (κ3) is 4.87. The highest BCUT2D eigenvalue weighted by Gasteiger charge is 2.19. The number of fused-ring (bicyclic) bond motifs is 1. The lowest BCUT2D eigenvalue weighted by Crippen LogP contribution is -2.18. The Labute approximate surface area is 194 Å². The maximum Gasteiger partial charge on any atom is 0.244 e. The van der Waals surface area contributed by atoms with Crippen LogP contribution in [0.2, 0.25) is 5.02 Å². The van der Waals surface area contributed by atoms with Gasteiger partial charge >= 0.3 is 0 Å². The number of benzene rings is 3. The molecule has 0 atom stereocenters. The lowest BCUT2D eigenvalue weighted by atomic mass is 10.2. The molecule has 3 aromatic carbocycles. The molecule has 4 aromatic rings. The number of azo groups is 1. The summed E-state index contributed by atoms with van der Waals surface area (Å²) in [5, 5.41) is 27.8. The average molecular weight is 484 g/mol. The number of aromatic nitrogens is 1. The molecule has 4 rings (SSSR count). The first-order valence-corrected chi connectivity index (χ1v) is 11.6. The van der Waals surface area contributed by atoms with Crippen LogP contribution >= 0.6 is 11.6 Å². The van der Waals surface area contributed by atoms with E-state index in [1.807, 2.05) is 0 Å². The van der Waals surface area contributed by atoms with Crippen molar-refractivity contribution in [1.29, 1.82) is 0 Å². The van der Waals surface area contributed by atoms with Crippen molar-refractivity contribution in [2.45, 2.75) is 11.4 Å². The summed E-state index contributed by atoms with van der Waals surface area (Å²) in [4.78, 5) is 12.6. The van der Waals surface area contributed by atoms with Crippen LogP contribution in [0.5, 0.6) is 5.88 Å². The molecule has 1 aromatic heterocycles. The maximum absolute atomic E-state index is 12.6. The number of para-hydroxylation sites is 2. The third-order valence-electron chi connectivity index (χ3n) is 4.80. The molecule has 9 nitrogen and oxygen atoms in total. The van der Waals surface area contributed by atoms with E-state index in [4.69, 9.17) is 16.7 Å². The zero-order chi connectivity index (χ0) is 23.6. The molecule has 33 heavy (non-hydrogen) atoms. The van der Waals surface area contributed by atoms with Crippen molar-refractivity contribution >= 4 is 55.5 Å². The Hall–Kier alpha value is -3.73. The maximum atomic E-state index is 12.6. The number of nitrogens with two attached hydrogens (primary N) is 1. The molecule has 168 valence electrons. The van der Waals surface area contributed by atoms with Gasteiger partial charge in [-0.2, -0.15) is 5.11 Å². The number of hydrogen-bond donors (Lipinski definition) is 3. The zero-order valence-electron chi connectivity index (χ0n) is 17.0. The van der Waals surface area contributed by atoms with E-state index in [1.54, 1.807) is 48.5 Å². The van der Waals surface area contributed by atoms with E-state index in [2.05, 4.69) is 15.5 Å². The lowest BCUT2D eigenvalue weighted by molar-refractivity contribution is -0.116. The number of nitrogens with one attached hydrogen (secondary N) is 1. The summed E-state index contributed by atoms with van der Waals surface area (Å²) in [5.74, 6) is -0.628. The molecule has 0 aliphatic heterocycles. The Morgan fingerprint density at radius 1 is 1.00 bits per heavy atom. The molecule has 0 radical (unpaired) electrons.